The predicted molar refractivity (Wildman–Crippen MR) is 73.3 cm³/mol. The van der Waals surface area contributed by atoms with E-state index in [9.17, 15) is 9.59 Å². The van der Waals surface area contributed by atoms with Gasteiger partial charge in [0.1, 0.15) is 5.76 Å². The topological polar surface area (TPSA) is 62.6 Å². The minimum atomic E-state index is -0.0206. The summed E-state index contributed by atoms with van der Waals surface area (Å²) in [7, 11) is 0. The average molecular weight is 276 g/mol. The molecule has 2 amide bonds. The third-order valence-electron chi connectivity index (χ3n) is 4.61. The van der Waals surface area contributed by atoms with Gasteiger partial charge in [-0.3, -0.25) is 9.59 Å². The van der Waals surface area contributed by atoms with E-state index >= 15 is 0 Å². The second-order valence-electron chi connectivity index (χ2n) is 5.98. The van der Waals surface area contributed by atoms with E-state index in [0.29, 0.717) is 12.2 Å². The van der Waals surface area contributed by atoms with Gasteiger partial charge in [-0.2, -0.15) is 0 Å². The molecule has 0 radical (unpaired) electrons. The summed E-state index contributed by atoms with van der Waals surface area (Å²) in [5.74, 6) is 1.32. The van der Waals surface area contributed by atoms with E-state index in [1.807, 2.05) is 17.9 Å². The lowest BCUT2D eigenvalue weighted by atomic mass is 9.73. The maximum absolute atomic E-state index is 12.3. The fourth-order valence-corrected chi connectivity index (χ4v) is 3.16. The van der Waals surface area contributed by atoms with E-state index in [-0.39, 0.29) is 17.2 Å². The van der Waals surface area contributed by atoms with Crippen molar-refractivity contribution in [2.75, 3.05) is 19.6 Å². The Labute approximate surface area is 118 Å². The van der Waals surface area contributed by atoms with Crippen LogP contribution in [0.15, 0.2) is 16.5 Å². The smallest absolute Gasteiger partial charge is 0.289 e. The molecule has 108 valence electrons. The van der Waals surface area contributed by atoms with E-state index in [2.05, 4.69) is 5.32 Å². The Hall–Kier alpha value is -1.78. The lowest BCUT2D eigenvalue weighted by Gasteiger charge is -2.43. The van der Waals surface area contributed by atoms with Gasteiger partial charge in [0.05, 0.1) is 0 Å². The molecule has 1 aromatic heterocycles. The predicted octanol–water partition coefficient (Wildman–Crippen LogP) is 1.72. The van der Waals surface area contributed by atoms with Crippen molar-refractivity contribution in [1.29, 1.82) is 0 Å². The highest BCUT2D eigenvalue weighted by atomic mass is 16.3. The molecule has 1 spiro atoms. The first kappa shape index (κ1) is 13.2. The number of rotatable bonds is 1. The molecule has 5 heteroatoms. The average Bonchev–Trinajstić information content (AvgIpc) is 2.89. The molecule has 0 unspecified atom stereocenters. The van der Waals surface area contributed by atoms with Crippen molar-refractivity contribution in [2.24, 2.45) is 5.41 Å². The molecule has 1 N–H and O–H groups in total. The summed E-state index contributed by atoms with van der Waals surface area (Å²) in [6.07, 6.45) is 3.48. The maximum Gasteiger partial charge on any atom is 0.289 e. The Morgan fingerprint density at radius 1 is 1.30 bits per heavy atom. The van der Waals surface area contributed by atoms with Crippen LogP contribution >= 0.6 is 0 Å². The van der Waals surface area contributed by atoms with Crippen LogP contribution in [-0.2, 0) is 4.79 Å². The summed E-state index contributed by atoms with van der Waals surface area (Å²) in [4.78, 5) is 25.4. The first-order valence-electron chi connectivity index (χ1n) is 7.20. The van der Waals surface area contributed by atoms with E-state index in [0.717, 1.165) is 44.7 Å². The van der Waals surface area contributed by atoms with Gasteiger partial charge < -0.3 is 14.6 Å². The van der Waals surface area contributed by atoms with Crippen molar-refractivity contribution in [3.63, 3.8) is 0 Å². The van der Waals surface area contributed by atoms with Gasteiger partial charge in [0.2, 0.25) is 5.91 Å². The first-order chi connectivity index (χ1) is 9.58. The Morgan fingerprint density at radius 2 is 2.05 bits per heavy atom. The number of furan rings is 1. The van der Waals surface area contributed by atoms with Crippen LogP contribution in [0, 0.1) is 12.3 Å². The molecule has 0 saturated carbocycles. The van der Waals surface area contributed by atoms with Crippen molar-refractivity contribution < 1.29 is 14.0 Å². The van der Waals surface area contributed by atoms with Gasteiger partial charge in [0, 0.05) is 26.1 Å². The zero-order valence-electron chi connectivity index (χ0n) is 11.8. The Bertz CT molecular complexity index is 515. The molecule has 20 heavy (non-hydrogen) atoms. The van der Waals surface area contributed by atoms with Crippen molar-refractivity contribution in [2.45, 2.75) is 32.6 Å². The maximum atomic E-state index is 12.3. The Balaban J connectivity index is 1.61. The standard InChI is InChI=1S/C15H20N2O3/c1-11-2-3-12(20-11)14(19)17-8-6-15(7-9-17)5-4-13(18)16-10-15/h2-3H,4-10H2,1H3,(H,16,18). The summed E-state index contributed by atoms with van der Waals surface area (Å²) in [5.41, 5.74) is 0.198. The van der Waals surface area contributed by atoms with Crippen LogP contribution in [0.3, 0.4) is 0 Å². The SMILES string of the molecule is Cc1ccc(C(=O)N2CCC3(CCC(=O)NC3)CC2)o1. The summed E-state index contributed by atoms with van der Waals surface area (Å²) < 4.78 is 5.40. The fourth-order valence-electron chi connectivity index (χ4n) is 3.16. The lowest BCUT2D eigenvalue weighted by molar-refractivity contribution is -0.125. The number of hydrogen-bond acceptors (Lipinski definition) is 3. The number of nitrogens with one attached hydrogen (secondary N) is 1. The van der Waals surface area contributed by atoms with E-state index in [4.69, 9.17) is 4.42 Å². The minimum Gasteiger partial charge on any atom is -0.456 e. The van der Waals surface area contributed by atoms with Crippen LogP contribution < -0.4 is 5.32 Å². The highest BCUT2D eigenvalue weighted by molar-refractivity contribution is 5.91. The van der Waals surface area contributed by atoms with Crippen LogP contribution in [0.1, 0.15) is 42.0 Å². The van der Waals surface area contributed by atoms with E-state index in [1.54, 1.807) is 6.07 Å². The molecule has 1 aromatic rings. The Morgan fingerprint density at radius 3 is 2.60 bits per heavy atom. The summed E-state index contributed by atoms with van der Waals surface area (Å²) in [6.45, 7) is 4.09. The molecule has 3 rings (SSSR count). The molecule has 3 heterocycles. The molecule has 5 nitrogen and oxygen atoms in total. The third kappa shape index (κ3) is 2.44. The molecule has 0 aliphatic carbocycles. The lowest BCUT2D eigenvalue weighted by Crippen LogP contribution is -2.50. The first-order valence-corrected chi connectivity index (χ1v) is 7.20. The number of likely N-dealkylation sites (tertiary alicyclic amines) is 1. The van der Waals surface area contributed by atoms with Crippen molar-refractivity contribution in [3.05, 3.63) is 23.7 Å². The van der Waals surface area contributed by atoms with Crippen LogP contribution in [0.25, 0.3) is 0 Å². The summed E-state index contributed by atoms with van der Waals surface area (Å²) in [5, 5.41) is 2.96. The van der Waals surface area contributed by atoms with Crippen LogP contribution in [0.2, 0.25) is 0 Å². The van der Waals surface area contributed by atoms with Gasteiger partial charge in [-0.05, 0) is 43.7 Å². The molecular formula is C15H20N2O3. The van der Waals surface area contributed by atoms with Gasteiger partial charge in [-0.25, -0.2) is 0 Å². The van der Waals surface area contributed by atoms with Gasteiger partial charge in [0.15, 0.2) is 5.76 Å². The highest BCUT2D eigenvalue weighted by Crippen LogP contribution is 2.37. The summed E-state index contributed by atoms with van der Waals surface area (Å²) in [6, 6.07) is 3.55. The third-order valence-corrected chi connectivity index (χ3v) is 4.61. The van der Waals surface area contributed by atoms with Crippen molar-refractivity contribution >= 4 is 11.8 Å². The number of aryl methyl sites for hydroxylation is 1. The molecule has 0 bridgehead atoms. The number of carbonyl (C=O) groups excluding carboxylic acids is 2. The molecule has 0 atom stereocenters. The van der Waals surface area contributed by atoms with Crippen LogP contribution in [0.5, 0.6) is 0 Å². The number of hydrogen-bond donors (Lipinski definition) is 1. The normalized spacial score (nSPS) is 21.9. The van der Waals surface area contributed by atoms with Gasteiger partial charge >= 0.3 is 0 Å². The highest BCUT2D eigenvalue weighted by Gasteiger charge is 2.39. The van der Waals surface area contributed by atoms with Gasteiger partial charge in [-0.1, -0.05) is 0 Å². The van der Waals surface area contributed by atoms with Crippen molar-refractivity contribution in [3.8, 4) is 0 Å². The van der Waals surface area contributed by atoms with Crippen molar-refractivity contribution in [1.82, 2.24) is 10.2 Å². The molecule has 2 aliphatic rings. The Kier molecular flexibility index (Phi) is 3.28. The molecule has 0 aromatic carbocycles. The zero-order chi connectivity index (χ0) is 14.2. The fraction of sp³-hybridized carbons (Fsp3) is 0.600. The number of piperidine rings is 2. The minimum absolute atomic E-state index is 0.0206. The van der Waals surface area contributed by atoms with E-state index < -0.39 is 0 Å². The molecule has 2 aliphatic heterocycles. The van der Waals surface area contributed by atoms with Gasteiger partial charge in [-0.15, -0.1) is 0 Å². The monoisotopic (exact) mass is 276 g/mol. The van der Waals surface area contributed by atoms with Crippen LogP contribution in [-0.4, -0.2) is 36.3 Å². The second kappa shape index (κ2) is 4.96. The zero-order valence-corrected chi connectivity index (χ0v) is 11.8. The summed E-state index contributed by atoms with van der Waals surface area (Å²) >= 11 is 0. The molecule has 2 saturated heterocycles. The number of nitrogens with zero attached hydrogens (tertiary/aromatic N) is 1. The number of amides is 2. The van der Waals surface area contributed by atoms with Gasteiger partial charge in [0.25, 0.3) is 5.91 Å². The molecule has 2 fully saturated rings. The number of carbonyl (C=O) groups is 2. The largest absolute Gasteiger partial charge is 0.456 e. The molecular weight excluding hydrogens is 256 g/mol. The van der Waals surface area contributed by atoms with Crippen LogP contribution in [0.4, 0.5) is 0 Å². The quantitative estimate of drug-likeness (QED) is 0.849. The second-order valence-corrected chi connectivity index (χ2v) is 5.98. The van der Waals surface area contributed by atoms with E-state index in [1.165, 1.54) is 0 Å².